The number of aliphatic hydroxyl groups is 3. The van der Waals surface area contributed by atoms with Crippen LogP contribution in [0.2, 0.25) is 0 Å². The average Bonchev–Trinajstić information content (AvgIpc) is 3.15. The fraction of sp³-hybridized carbons (Fsp3) is 0.214. The van der Waals surface area contributed by atoms with Crippen LogP contribution in [0.3, 0.4) is 0 Å². The first-order valence-electron chi connectivity index (χ1n) is 11.4. The lowest BCUT2D eigenvalue weighted by Crippen LogP contribution is -2.69. The van der Waals surface area contributed by atoms with Gasteiger partial charge in [0, 0.05) is 23.6 Å². The zero-order chi connectivity index (χ0) is 26.8. The van der Waals surface area contributed by atoms with E-state index in [0.717, 1.165) is 6.92 Å². The van der Waals surface area contributed by atoms with Crippen molar-refractivity contribution >= 4 is 23.3 Å². The Morgan fingerprint density at radius 2 is 1.14 bits per heavy atom. The largest absolute Gasteiger partial charge is 0.432 e. The van der Waals surface area contributed by atoms with Crippen molar-refractivity contribution in [1.29, 1.82) is 0 Å². The molecule has 9 nitrogen and oxygen atoms in total. The zero-order valence-electron chi connectivity index (χ0n) is 19.7. The van der Waals surface area contributed by atoms with Crippen LogP contribution in [0, 0.1) is 0 Å². The minimum absolute atomic E-state index is 0.0157. The van der Waals surface area contributed by atoms with Crippen LogP contribution in [0.15, 0.2) is 91.0 Å². The van der Waals surface area contributed by atoms with E-state index in [-0.39, 0.29) is 16.7 Å². The number of aliphatic hydroxyl groups excluding tert-OH is 1. The molecule has 37 heavy (non-hydrogen) atoms. The van der Waals surface area contributed by atoms with Crippen molar-refractivity contribution in [3.63, 3.8) is 0 Å². The molecular formula is C28H24O9. The van der Waals surface area contributed by atoms with E-state index in [9.17, 15) is 34.5 Å². The summed E-state index contributed by atoms with van der Waals surface area (Å²) in [5.41, 5.74) is -6.78. The van der Waals surface area contributed by atoms with Crippen molar-refractivity contribution in [1.82, 2.24) is 0 Å². The molecule has 1 saturated heterocycles. The highest BCUT2D eigenvalue weighted by atomic mass is 16.7. The molecule has 0 aromatic heterocycles. The number of hydrogen-bond acceptors (Lipinski definition) is 9. The number of Topliss-reactive ketones (excluding diaryl/α,β-unsaturated/α-hetero) is 3. The molecule has 0 spiro atoms. The highest BCUT2D eigenvalue weighted by Crippen LogP contribution is 2.46. The van der Waals surface area contributed by atoms with Crippen LogP contribution in [0.4, 0.5) is 0 Å². The highest BCUT2D eigenvalue weighted by Gasteiger charge is 2.76. The Labute approximate surface area is 211 Å². The SMILES string of the molecule is CC(=O)O[C@H]1O[C@H](C(O)C(=O)c2ccccc2)[C@](O)(C(=O)c2ccccc2)[C@]1(O)C(=O)c1ccccc1. The second-order valence-electron chi connectivity index (χ2n) is 8.60. The molecule has 0 bridgehead atoms. The van der Waals surface area contributed by atoms with Gasteiger partial charge in [0.1, 0.15) is 12.2 Å². The van der Waals surface area contributed by atoms with Gasteiger partial charge in [-0.25, -0.2) is 0 Å². The maximum absolute atomic E-state index is 13.8. The first kappa shape index (κ1) is 26.1. The van der Waals surface area contributed by atoms with Gasteiger partial charge < -0.3 is 24.8 Å². The zero-order valence-corrected chi connectivity index (χ0v) is 19.7. The van der Waals surface area contributed by atoms with Crippen molar-refractivity contribution in [2.24, 2.45) is 0 Å². The molecule has 3 aromatic carbocycles. The number of benzene rings is 3. The molecule has 3 N–H and O–H groups in total. The van der Waals surface area contributed by atoms with Crippen LogP contribution in [-0.4, -0.2) is 68.3 Å². The molecule has 0 radical (unpaired) electrons. The first-order chi connectivity index (χ1) is 17.6. The molecule has 1 aliphatic rings. The molecule has 0 amide bonds. The monoisotopic (exact) mass is 504 g/mol. The third kappa shape index (κ3) is 4.38. The minimum atomic E-state index is -3.26. The van der Waals surface area contributed by atoms with Crippen molar-refractivity contribution < 1.29 is 44.0 Å². The first-order valence-corrected chi connectivity index (χ1v) is 11.4. The summed E-state index contributed by atoms with van der Waals surface area (Å²) in [6, 6.07) is 21.9. The fourth-order valence-electron chi connectivity index (χ4n) is 4.41. The summed E-state index contributed by atoms with van der Waals surface area (Å²) in [4.78, 5) is 52.6. The number of ketones is 3. The predicted molar refractivity (Wildman–Crippen MR) is 129 cm³/mol. The van der Waals surface area contributed by atoms with Crippen LogP contribution in [0.25, 0.3) is 0 Å². The predicted octanol–water partition coefficient (Wildman–Crippen LogP) is 1.75. The van der Waals surface area contributed by atoms with Gasteiger partial charge in [-0.05, 0) is 0 Å². The number of ether oxygens (including phenoxy) is 2. The maximum atomic E-state index is 13.8. The van der Waals surface area contributed by atoms with E-state index in [1.807, 2.05) is 0 Å². The second kappa shape index (κ2) is 10.2. The van der Waals surface area contributed by atoms with Crippen molar-refractivity contribution in [3.8, 4) is 0 Å². The summed E-state index contributed by atoms with van der Waals surface area (Å²) in [7, 11) is 0. The molecule has 4 rings (SSSR count). The lowest BCUT2D eigenvalue weighted by molar-refractivity contribution is -0.201. The Morgan fingerprint density at radius 3 is 1.57 bits per heavy atom. The van der Waals surface area contributed by atoms with E-state index < -0.39 is 53.0 Å². The quantitative estimate of drug-likeness (QED) is 0.308. The molecule has 0 saturated carbocycles. The number of hydrogen-bond donors (Lipinski definition) is 3. The van der Waals surface area contributed by atoms with Crippen LogP contribution in [-0.2, 0) is 14.3 Å². The van der Waals surface area contributed by atoms with E-state index in [4.69, 9.17) is 9.47 Å². The van der Waals surface area contributed by atoms with Crippen molar-refractivity contribution in [3.05, 3.63) is 108 Å². The number of esters is 1. The van der Waals surface area contributed by atoms with Gasteiger partial charge in [0.25, 0.3) is 0 Å². The second-order valence-corrected chi connectivity index (χ2v) is 8.60. The molecule has 3 aromatic rings. The van der Waals surface area contributed by atoms with E-state index in [1.165, 1.54) is 72.8 Å². The highest BCUT2D eigenvalue weighted by molar-refractivity contribution is 6.14. The summed E-state index contributed by atoms with van der Waals surface area (Å²) in [5.74, 6) is -4.40. The molecule has 1 aliphatic heterocycles. The Balaban J connectivity index is 1.92. The number of carbonyl (C=O) groups is 4. The third-order valence-corrected chi connectivity index (χ3v) is 6.26. The summed E-state index contributed by atoms with van der Waals surface area (Å²) in [6.07, 6.45) is -6.68. The van der Waals surface area contributed by atoms with Gasteiger partial charge >= 0.3 is 5.97 Å². The fourth-order valence-corrected chi connectivity index (χ4v) is 4.41. The topological polar surface area (TPSA) is 147 Å². The van der Waals surface area contributed by atoms with Gasteiger partial charge in [0.05, 0.1) is 0 Å². The van der Waals surface area contributed by atoms with E-state index >= 15 is 0 Å². The Hall–Kier alpha value is -4.02. The van der Waals surface area contributed by atoms with Gasteiger partial charge in [-0.3, -0.25) is 19.2 Å². The van der Waals surface area contributed by atoms with Gasteiger partial charge in [-0.15, -0.1) is 0 Å². The van der Waals surface area contributed by atoms with Crippen molar-refractivity contribution in [2.45, 2.75) is 36.6 Å². The van der Waals surface area contributed by atoms with Crippen molar-refractivity contribution in [2.75, 3.05) is 0 Å². The molecule has 1 fully saturated rings. The van der Waals surface area contributed by atoms with E-state index in [2.05, 4.69) is 0 Å². The molecule has 1 heterocycles. The normalized spacial score (nSPS) is 25.7. The summed E-state index contributed by atoms with van der Waals surface area (Å²) >= 11 is 0. The average molecular weight is 504 g/mol. The lowest BCUT2D eigenvalue weighted by atomic mass is 9.70. The Bertz CT molecular complexity index is 1310. The molecule has 5 atom stereocenters. The van der Waals surface area contributed by atoms with Crippen LogP contribution >= 0.6 is 0 Å². The van der Waals surface area contributed by atoms with Gasteiger partial charge in [0.2, 0.25) is 23.5 Å². The summed E-state index contributed by atoms with van der Waals surface area (Å²) in [5, 5.41) is 35.0. The molecule has 190 valence electrons. The van der Waals surface area contributed by atoms with E-state index in [0.29, 0.717) is 0 Å². The minimum Gasteiger partial charge on any atom is -0.432 e. The number of carbonyl (C=O) groups excluding carboxylic acids is 4. The third-order valence-electron chi connectivity index (χ3n) is 6.26. The number of rotatable bonds is 8. The molecular weight excluding hydrogens is 480 g/mol. The van der Waals surface area contributed by atoms with Gasteiger partial charge in [-0.2, -0.15) is 0 Å². The Morgan fingerprint density at radius 1 is 0.730 bits per heavy atom. The van der Waals surface area contributed by atoms with Crippen LogP contribution in [0.5, 0.6) is 0 Å². The van der Waals surface area contributed by atoms with Gasteiger partial charge in [-0.1, -0.05) is 91.0 Å². The standard InChI is InChI=1S/C28H24O9/c1-17(29)36-26-28(35,24(33)20-15-9-4-10-16-20)27(34,23(32)19-13-7-3-8-14-19)25(37-26)22(31)21(30)18-11-5-2-6-12-18/h2-16,22,25-26,31,34-35H,1H3/t22?,25-,26+,27-,28+/m1/s1. The molecule has 1 unspecified atom stereocenters. The summed E-state index contributed by atoms with van der Waals surface area (Å²) in [6.45, 7) is 0.966. The van der Waals surface area contributed by atoms with E-state index in [1.54, 1.807) is 18.2 Å². The summed E-state index contributed by atoms with van der Waals surface area (Å²) < 4.78 is 10.6. The van der Waals surface area contributed by atoms with Gasteiger partial charge in [0.15, 0.2) is 11.4 Å². The van der Waals surface area contributed by atoms with Crippen LogP contribution in [0.1, 0.15) is 38.0 Å². The molecule has 0 aliphatic carbocycles. The molecule has 9 heteroatoms. The maximum Gasteiger partial charge on any atom is 0.305 e. The lowest BCUT2D eigenvalue weighted by Gasteiger charge is -2.38. The Kier molecular flexibility index (Phi) is 7.15. The van der Waals surface area contributed by atoms with Crippen LogP contribution < -0.4 is 0 Å². The smallest absolute Gasteiger partial charge is 0.305 e.